The van der Waals surface area contributed by atoms with Crippen LogP contribution in [0, 0.1) is 0 Å². The quantitative estimate of drug-likeness (QED) is 0.0285. The van der Waals surface area contributed by atoms with Crippen LogP contribution in [0.4, 0.5) is 0 Å². The Kier molecular flexibility index (Phi) is 118. The van der Waals surface area contributed by atoms with Gasteiger partial charge in [-0.25, -0.2) is 0 Å². The van der Waals surface area contributed by atoms with Crippen molar-refractivity contribution in [2.24, 2.45) is 10.2 Å². The summed E-state index contributed by atoms with van der Waals surface area (Å²) >= 11 is 1.77. The standard InChI is InChI=1S/C97H186N6O42S/c1-3-4-5-6-7-8-9-92(83-135-61-56-124-39-34-120-45-51-130-67-73-141-93(78-100-102-98)84-136-62-57-125-40-35-122-47-53-132-69-75-143-95(80-105)81-106)140-72-66-129-50-44-119-37-42-127-59-64-138-86-96(82-107)144-76-70-133-54-48-123-36-41-126-58-63-137-85-94(79-101-103-99)142-74-68-131-52-46-121-38-43-128-60-65-139-87-97(89-146-88-90-10-12-91(108-2)13-11-90)145-77-71-134-55-49-118-33-32-117-31-30-116-29-28-115-27-26-114-25-24-113-23-22-112-21-20-111-19-18-110-17-16-109-15-14-104/h10-13,92-97,104-107H,3-9,14-89H2,1-2H3/t92-,93+,94+,96+,97-/m1/s1. The molecule has 5 atom stereocenters. The molecule has 1 aromatic carbocycles. The minimum atomic E-state index is -0.596. The van der Waals surface area contributed by atoms with Crippen molar-refractivity contribution in [1.29, 1.82) is 0 Å². The van der Waals surface area contributed by atoms with Crippen LogP contribution >= 0.6 is 11.8 Å². The first-order valence-corrected chi connectivity index (χ1v) is 52.9. The SMILES string of the molecule is CCCCCCCC[C@H](COCCOCCOCCOCCO[C@@H](CN=[N+]=[N-])COCCOCCOCCOCCOC(CO)CO)OCCOCCOCCOCCOC[C@H](CO)OCCOCCOCCOCCOC[C@H](CN=[N+]=[N-])OCCOCCOCCOCCOC[C@H](CSCc1ccc(OC)cc1)OCCOCCOCCOCCOCCOCCOCCOCCOCCOCCOCCOCCO. The zero-order valence-electron chi connectivity index (χ0n) is 87.9. The highest BCUT2D eigenvalue weighted by atomic mass is 32.2. The molecule has 1 aromatic rings. The van der Waals surface area contributed by atoms with Crippen LogP contribution in [-0.4, -0.2) is 559 Å². The topological polar surface area (TPSA) is 529 Å². The van der Waals surface area contributed by atoms with E-state index in [-0.39, 0.29) is 91.4 Å². The highest BCUT2D eigenvalue weighted by Gasteiger charge is 2.17. The fraction of sp³-hybridized carbons (Fsp3) is 0.938. The predicted octanol–water partition coefficient (Wildman–Crippen LogP) is 5.09. The molecule has 0 unspecified atom stereocenters. The lowest BCUT2D eigenvalue weighted by Crippen LogP contribution is -2.27. The zero-order chi connectivity index (χ0) is 105. The van der Waals surface area contributed by atoms with Crippen molar-refractivity contribution in [2.75, 3.05) is 502 Å². The van der Waals surface area contributed by atoms with Gasteiger partial charge in [-0.15, -0.1) is 0 Å². The van der Waals surface area contributed by atoms with Crippen molar-refractivity contribution in [2.45, 2.75) is 94.2 Å². The maximum Gasteiger partial charge on any atom is 0.118 e. The van der Waals surface area contributed by atoms with Gasteiger partial charge in [-0.05, 0) is 35.2 Å². The van der Waals surface area contributed by atoms with Gasteiger partial charge in [0.1, 0.15) is 18.0 Å². The molecular weight excluding hydrogens is 1950 g/mol. The monoisotopic (exact) mass is 2140 g/mol. The Morgan fingerprint density at radius 3 is 0.699 bits per heavy atom. The zero-order valence-corrected chi connectivity index (χ0v) is 88.7. The van der Waals surface area contributed by atoms with E-state index in [9.17, 15) is 5.11 Å². The second-order valence-electron chi connectivity index (χ2n) is 31.3. The lowest BCUT2D eigenvalue weighted by molar-refractivity contribution is -0.0721. The van der Waals surface area contributed by atoms with E-state index < -0.39 is 24.4 Å². The molecule has 0 aliphatic rings. The number of aliphatic hydroxyl groups excluding tert-OH is 4. The van der Waals surface area contributed by atoms with E-state index in [2.05, 4.69) is 39.1 Å². The molecule has 0 saturated heterocycles. The van der Waals surface area contributed by atoms with E-state index in [4.69, 9.17) is 206 Å². The third kappa shape index (κ3) is 109. The molecule has 4 N–H and O–H groups in total. The first-order valence-electron chi connectivity index (χ1n) is 51.7. The fourth-order valence-electron chi connectivity index (χ4n) is 11.8. The van der Waals surface area contributed by atoms with Crippen molar-refractivity contribution in [3.05, 3.63) is 50.7 Å². The summed E-state index contributed by atoms with van der Waals surface area (Å²) in [5.74, 6) is 2.36. The molecule has 0 aliphatic carbocycles. The van der Waals surface area contributed by atoms with Crippen LogP contribution in [0.15, 0.2) is 34.5 Å². The summed E-state index contributed by atoms with van der Waals surface area (Å²) in [7, 11) is 1.65. The lowest BCUT2D eigenvalue weighted by Gasteiger charge is -2.18. The molecule has 0 radical (unpaired) electrons. The van der Waals surface area contributed by atoms with Gasteiger partial charge in [0.05, 0.1) is 520 Å². The average Bonchev–Trinajstić information content (AvgIpc) is 0.913. The van der Waals surface area contributed by atoms with E-state index in [0.29, 0.717) is 410 Å². The number of methoxy groups -OCH3 is 1. The molecule has 0 heterocycles. The summed E-state index contributed by atoms with van der Waals surface area (Å²) in [6, 6.07) is 8.03. The van der Waals surface area contributed by atoms with E-state index in [0.717, 1.165) is 36.5 Å². The van der Waals surface area contributed by atoms with Gasteiger partial charge in [0.2, 0.25) is 0 Å². The van der Waals surface area contributed by atoms with Crippen molar-refractivity contribution in [3.8, 4) is 5.75 Å². The first-order chi connectivity index (χ1) is 72.5. The van der Waals surface area contributed by atoms with Crippen molar-refractivity contribution in [3.63, 3.8) is 0 Å². The van der Waals surface area contributed by atoms with Gasteiger partial charge < -0.3 is 200 Å². The molecule has 49 heteroatoms. The van der Waals surface area contributed by atoms with Crippen molar-refractivity contribution < 1.29 is 200 Å². The highest BCUT2D eigenvalue weighted by molar-refractivity contribution is 7.98. The second kappa shape index (κ2) is 123. The number of hydrogen-bond acceptors (Lipinski definition) is 45. The largest absolute Gasteiger partial charge is 0.497 e. The van der Waals surface area contributed by atoms with Crippen molar-refractivity contribution in [1.82, 2.24) is 0 Å². The molecule has 0 saturated carbocycles. The number of rotatable bonds is 130. The Morgan fingerprint density at radius 1 is 0.240 bits per heavy atom. The normalized spacial score (nSPS) is 12.8. The van der Waals surface area contributed by atoms with Crippen LogP contribution in [0.3, 0.4) is 0 Å². The maximum absolute atomic E-state index is 9.78. The molecular formula is C97H186N6O42S. The van der Waals surface area contributed by atoms with E-state index in [1.807, 2.05) is 12.1 Å². The average molecular weight is 2140 g/mol. The van der Waals surface area contributed by atoms with Crippen LogP contribution < -0.4 is 4.74 Å². The van der Waals surface area contributed by atoms with E-state index in [1.165, 1.54) is 31.2 Å². The minimum Gasteiger partial charge on any atom is -0.497 e. The number of unbranched alkanes of at least 4 members (excludes halogenated alkanes) is 5. The van der Waals surface area contributed by atoms with Gasteiger partial charge in [-0.2, -0.15) is 11.8 Å². The molecule has 146 heavy (non-hydrogen) atoms. The molecule has 1 rings (SSSR count). The highest BCUT2D eigenvalue weighted by Crippen LogP contribution is 2.19. The van der Waals surface area contributed by atoms with Gasteiger partial charge >= 0.3 is 0 Å². The summed E-state index contributed by atoms with van der Waals surface area (Å²) in [5, 5.41) is 43.7. The van der Waals surface area contributed by atoms with Crippen LogP contribution in [0.25, 0.3) is 20.9 Å². The minimum absolute atomic E-state index is 0.00804. The molecule has 862 valence electrons. The number of benzene rings is 1. The lowest BCUT2D eigenvalue weighted by atomic mass is 10.1. The van der Waals surface area contributed by atoms with Crippen LogP contribution in [0.5, 0.6) is 5.75 Å². The molecule has 0 fully saturated rings. The molecule has 0 amide bonds. The number of ether oxygens (including phenoxy) is 38. The number of thioether (sulfide) groups is 1. The summed E-state index contributed by atoms with van der Waals surface area (Å²) in [6.07, 6.45) is 5.89. The van der Waals surface area contributed by atoms with Gasteiger partial charge in [-0.3, -0.25) is 0 Å². The Labute approximate surface area is 871 Å². The summed E-state index contributed by atoms with van der Waals surface area (Å²) < 4.78 is 214. The molecule has 0 aliphatic heterocycles. The Morgan fingerprint density at radius 2 is 0.445 bits per heavy atom. The Bertz CT molecular complexity index is 2770. The van der Waals surface area contributed by atoms with Gasteiger partial charge in [0.15, 0.2) is 0 Å². The Hall–Kier alpha value is -3.65. The Balaban J connectivity index is 2.01. The molecule has 48 nitrogen and oxygen atoms in total. The van der Waals surface area contributed by atoms with E-state index >= 15 is 0 Å². The van der Waals surface area contributed by atoms with Crippen LogP contribution in [-0.2, 0) is 181 Å². The molecule has 0 spiro atoms. The number of nitrogens with zero attached hydrogens (tertiary/aromatic N) is 6. The molecule has 0 aromatic heterocycles. The maximum atomic E-state index is 9.78. The van der Waals surface area contributed by atoms with Crippen molar-refractivity contribution >= 4 is 11.8 Å². The first kappa shape index (κ1) is 140. The summed E-state index contributed by atoms with van der Waals surface area (Å²) in [4.78, 5) is 5.69. The predicted molar refractivity (Wildman–Crippen MR) is 537 cm³/mol. The van der Waals surface area contributed by atoms with E-state index in [1.54, 1.807) is 18.9 Å². The third-order valence-corrected chi connectivity index (χ3v) is 20.6. The fourth-order valence-corrected chi connectivity index (χ4v) is 12.8. The smallest absolute Gasteiger partial charge is 0.118 e. The van der Waals surface area contributed by atoms with Gasteiger partial charge in [-0.1, -0.05) is 67.8 Å². The van der Waals surface area contributed by atoms with Crippen LogP contribution in [0.1, 0.15) is 57.4 Å². The molecule has 0 bridgehead atoms. The van der Waals surface area contributed by atoms with Gasteiger partial charge in [0.25, 0.3) is 0 Å². The number of azide groups is 2. The second-order valence-corrected chi connectivity index (χ2v) is 32.3. The summed E-state index contributed by atoms with van der Waals surface area (Å²) in [5.41, 5.74) is 18.9. The summed E-state index contributed by atoms with van der Waals surface area (Å²) in [6.45, 7) is 28.5. The number of aliphatic hydroxyl groups is 4. The van der Waals surface area contributed by atoms with Gasteiger partial charge in [0, 0.05) is 21.3 Å². The van der Waals surface area contributed by atoms with Crippen LogP contribution in [0.2, 0.25) is 0 Å². The number of hydrogen-bond donors (Lipinski definition) is 4. The third-order valence-electron chi connectivity index (χ3n) is 19.5.